The molecule has 4 rings (SSSR count). The van der Waals surface area contributed by atoms with Crippen LogP contribution in [-0.4, -0.2) is 55.0 Å². The second-order valence-electron chi connectivity index (χ2n) is 9.51. The maximum Gasteiger partial charge on any atom is 0.270 e. The smallest absolute Gasteiger partial charge is 0.270 e. The van der Waals surface area contributed by atoms with Crippen LogP contribution in [0.1, 0.15) is 41.7 Å². The first-order valence-corrected chi connectivity index (χ1v) is 12.3. The first-order valence-electron chi connectivity index (χ1n) is 12.3. The Balaban J connectivity index is 1.59. The highest BCUT2D eigenvalue weighted by Crippen LogP contribution is 2.32. The fourth-order valence-electron chi connectivity index (χ4n) is 4.84. The van der Waals surface area contributed by atoms with E-state index in [9.17, 15) is 9.59 Å². The number of nitrogens with one attached hydrogen (secondary N) is 2. The fourth-order valence-corrected chi connectivity index (χ4v) is 4.84. The summed E-state index contributed by atoms with van der Waals surface area (Å²) in [7, 11) is 5.84. The van der Waals surface area contributed by atoms with E-state index in [4.69, 9.17) is 4.74 Å². The molecule has 0 saturated heterocycles. The molecule has 3 aromatic rings. The lowest BCUT2D eigenvalue weighted by Crippen LogP contribution is -2.42. The average Bonchev–Trinajstić information content (AvgIpc) is 2.90. The van der Waals surface area contributed by atoms with Gasteiger partial charge in [0.25, 0.3) is 5.91 Å². The van der Waals surface area contributed by atoms with Gasteiger partial charge in [0.15, 0.2) is 0 Å². The highest BCUT2D eigenvalue weighted by atomic mass is 16.5. The molecule has 2 N–H and O–H groups in total. The van der Waals surface area contributed by atoms with Gasteiger partial charge in [0.2, 0.25) is 5.91 Å². The molecular formula is C29H34N4O3. The lowest BCUT2D eigenvalue weighted by molar-refractivity contribution is -0.111. The van der Waals surface area contributed by atoms with Gasteiger partial charge in [-0.25, -0.2) is 4.98 Å². The maximum atomic E-state index is 13.0. The third-order valence-electron chi connectivity index (χ3n) is 6.88. The van der Waals surface area contributed by atoms with Gasteiger partial charge in [-0.15, -0.1) is 0 Å². The Morgan fingerprint density at radius 1 is 1.11 bits per heavy atom. The molecule has 0 bridgehead atoms. The van der Waals surface area contributed by atoms with E-state index >= 15 is 0 Å². The van der Waals surface area contributed by atoms with Crippen molar-refractivity contribution in [1.82, 2.24) is 15.2 Å². The van der Waals surface area contributed by atoms with E-state index in [1.54, 1.807) is 13.2 Å². The summed E-state index contributed by atoms with van der Waals surface area (Å²) in [6.07, 6.45) is 5.36. The van der Waals surface area contributed by atoms with Crippen LogP contribution in [0.15, 0.2) is 61.2 Å². The number of carbonyl (C=O) groups excluding carboxylic acids is 2. The number of hydrogen-bond acceptors (Lipinski definition) is 5. The molecule has 1 heterocycles. The van der Waals surface area contributed by atoms with Gasteiger partial charge in [-0.3, -0.25) is 9.59 Å². The van der Waals surface area contributed by atoms with Crippen LogP contribution in [0.25, 0.3) is 22.0 Å². The van der Waals surface area contributed by atoms with Gasteiger partial charge in [-0.1, -0.05) is 36.9 Å². The number of ether oxygens (including phenoxy) is 1. The lowest BCUT2D eigenvalue weighted by atomic mass is 9.90. The highest BCUT2D eigenvalue weighted by molar-refractivity contribution is 6.07. The average molecular weight is 487 g/mol. The molecule has 0 atom stereocenters. The Morgan fingerprint density at radius 3 is 2.56 bits per heavy atom. The summed E-state index contributed by atoms with van der Waals surface area (Å²) in [5, 5.41) is 7.94. The molecule has 0 unspecified atom stereocenters. The van der Waals surface area contributed by atoms with Gasteiger partial charge in [-0.05, 0) is 69.4 Å². The summed E-state index contributed by atoms with van der Waals surface area (Å²) >= 11 is 0. The van der Waals surface area contributed by atoms with Gasteiger partial charge in [0.05, 0.1) is 18.0 Å². The topological polar surface area (TPSA) is 83.6 Å². The van der Waals surface area contributed by atoms with Gasteiger partial charge >= 0.3 is 0 Å². The summed E-state index contributed by atoms with van der Waals surface area (Å²) in [5.74, 6) is -0.436. The van der Waals surface area contributed by atoms with Gasteiger partial charge in [0, 0.05) is 35.7 Å². The number of rotatable bonds is 8. The van der Waals surface area contributed by atoms with Crippen LogP contribution in [-0.2, 0) is 16.1 Å². The molecule has 0 aliphatic heterocycles. The van der Waals surface area contributed by atoms with Crippen molar-refractivity contribution in [3.63, 3.8) is 0 Å². The third kappa shape index (κ3) is 5.80. The zero-order valence-corrected chi connectivity index (χ0v) is 21.2. The first kappa shape index (κ1) is 25.5. The Kier molecular flexibility index (Phi) is 8.13. The molecular weight excluding hydrogens is 452 g/mol. The summed E-state index contributed by atoms with van der Waals surface area (Å²) in [6, 6.07) is 16.1. The predicted molar refractivity (Wildman–Crippen MR) is 144 cm³/mol. The number of amides is 2. The molecule has 0 spiro atoms. The van der Waals surface area contributed by atoms with Crippen LogP contribution in [0.4, 0.5) is 5.69 Å². The van der Waals surface area contributed by atoms with Crippen LogP contribution < -0.4 is 10.6 Å². The second kappa shape index (κ2) is 11.5. The van der Waals surface area contributed by atoms with E-state index in [-0.39, 0.29) is 17.9 Å². The van der Waals surface area contributed by atoms with E-state index in [0.717, 1.165) is 47.6 Å². The van der Waals surface area contributed by atoms with Crippen LogP contribution in [0.2, 0.25) is 0 Å². The maximum absolute atomic E-state index is 13.0. The molecule has 7 heteroatoms. The molecule has 188 valence electrons. The van der Waals surface area contributed by atoms with Crippen LogP contribution >= 0.6 is 0 Å². The molecule has 1 aromatic heterocycles. The quantitative estimate of drug-likeness (QED) is 0.448. The first-order chi connectivity index (χ1) is 17.4. The standard InChI is InChI=1S/C29H34N4O3/c1-5-27(34)32-28-21(18-36-4)12-10-19-9-11-20(17-24(19)28)25-7-6-8-26(31-25)29(35)30-22-13-15-23(16-14-22)33(2)3/h5-12,17,22-23H,1,13-16,18H2,2-4H3,(H,30,35)(H,32,34). The molecule has 1 fully saturated rings. The largest absolute Gasteiger partial charge is 0.380 e. The number of nitrogens with zero attached hydrogens (tertiary/aromatic N) is 2. The number of methoxy groups -OCH3 is 1. The number of hydrogen-bond donors (Lipinski definition) is 2. The third-order valence-corrected chi connectivity index (χ3v) is 6.88. The number of pyridine rings is 1. The molecule has 7 nitrogen and oxygen atoms in total. The number of benzene rings is 2. The van der Waals surface area contributed by atoms with Crippen LogP contribution in [0.5, 0.6) is 0 Å². The van der Waals surface area contributed by atoms with E-state index in [1.165, 1.54) is 6.08 Å². The van der Waals surface area contributed by atoms with Crippen molar-refractivity contribution in [2.45, 2.75) is 44.4 Å². The lowest BCUT2D eigenvalue weighted by Gasteiger charge is -2.32. The van der Waals surface area contributed by atoms with Gasteiger partial charge in [-0.2, -0.15) is 0 Å². The molecule has 1 saturated carbocycles. The zero-order chi connectivity index (χ0) is 25.7. The minimum atomic E-state index is -0.290. The highest BCUT2D eigenvalue weighted by Gasteiger charge is 2.24. The summed E-state index contributed by atoms with van der Waals surface area (Å²) in [5.41, 5.74) is 3.49. The van der Waals surface area contributed by atoms with Crippen molar-refractivity contribution in [1.29, 1.82) is 0 Å². The summed E-state index contributed by atoms with van der Waals surface area (Å²) in [6.45, 7) is 3.92. The van der Waals surface area contributed by atoms with Crippen molar-refractivity contribution in [2.75, 3.05) is 26.5 Å². The van der Waals surface area contributed by atoms with Crippen molar-refractivity contribution < 1.29 is 14.3 Å². The number of aromatic nitrogens is 1. The van der Waals surface area contributed by atoms with E-state index < -0.39 is 0 Å². The number of anilines is 1. The Labute approximate surface area is 212 Å². The van der Waals surface area contributed by atoms with Crippen molar-refractivity contribution in [3.8, 4) is 11.3 Å². The molecule has 1 aliphatic carbocycles. The van der Waals surface area contributed by atoms with Gasteiger partial charge in [0.1, 0.15) is 5.69 Å². The van der Waals surface area contributed by atoms with Crippen LogP contribution in [0.3, 0.4) is 0 Å². The van der Waals surface area contributed by atoms with E-state index in [2.05, 4.69) is 41.2 Å². The Bertz CT molecular complexity index is 1260. The second-order valence-corrected chi connectivity index (χ2v) is 9.51. The predicted octanol–water partition coefficient (Wildman–Crippen LogP) is 4.78. The summed E-state index contributed by atoms with van der Waals surface area (Å²) < 4.78 is 5.33. The van der Waals surface area contributed by atoms with Crippen LogP contribution in [0, 0.1) is 0 Å². The number of fused-ring (bicyclic) bond motifs is 1. The summed E-state index contributed by atoms with van der Waals surface area (Å²) in [4.78, 5) is 32.1. The minimum Gasteiger partial charge on any atom is -0.380 e. The minimum absolute atomic E-state index is 0.146. The molecule has 1 aliphatic rings. The van der Waals surface area contributed by atoms with E-state index in [1.807, 2.05) is 42.5 Å². The fraction of sp³-hybridized carbons (Fsp3) is 0.345. The number of carbonyl (C=O) groups is 2. The molecule has 2 amide bonds. The van der Waals surface area contributed by atoms with E-state index in [0.29, 0.717) is 29.7 Å². The van der Waals surface area contributed by atoms with Crippen molar-refractivity contribution >= 4 is 28.3 Å². The monoisotopic (exact) mass is 486 g/mol. The zero-order valence-electron chi connectivity index (χ0n) is 21.2. The van der Waals surface area contributed by atoms with Gasteiger partial charge < -0.3 is 20.3 Å². The Hall–Kier alpha value is -3.55. The molecule has 0 radical (unpaired) electrons. The normalized spacial score (nSPS) is 17.7. The SMILES string of the molecule is C=CC(=O)Nc1c(COC)ccc2ccc(-c3cccc(C(=O)NC4CCC(N(C)C)CC4)n3)cc12. The molecule has 2 aromatic carbocycles. The Morgan fingerprint density at radius 2 is 1.86 bits per heavy atom. The van der Waals surface area contributed by atoms with Crippen molar-refractivity contribution in [2.24, 2.45) is 0 Å². The van der Waals surface area contributed by atoms with Crippen molar-refractivity contribution in [3.05, 3.63) is 72.4 Å². The molecule has 36 heavy (non-hydrogen) atoms.